The van der Waals surface area contributed by atoms with E-state index in [1.165, 1.54) is 5.56 Å². The molecule has 0 amide bonds. The van der Waals surface area contributed by atoms with Crippen LogP contribution in [0.1, 0.15) is 11.1 Å². The van der Waals surface area contributed by atoms with Gasteiger partial charge in [0.1, 0.15) is 0 Å². The largest absolute Gasteiger partial charge is 0.364 e. The van der Waals surface area contributed by atoms with Crippen LogP contribution in [0.4, 0.5) is 5.69 Å². The summed E-state index contributed by atoms with van der Waals surface area (Å²) in [5, 5.41) is 6.83. The summed E-state index contributed by atoms with van der Waals surface area (Å²) < 4.78 is 0. The fraction of sp³-hybridized carbons (Fsp3) is 0.273. The van der Waals surface area contributed by atoms with Gasteiger partial charge in [-0.15, -0.1) is 0 Å². The lowest BCUT2D eigenvalue weighted by atomic mass is 10.1. The van der Waals surface area contributed by atoms with Gasteiger partial charge < -0.3 is 10.6 Å². The lowest BCUT2D eigenvalue weighted by Crippen LogP contribution is -2.47. The molecule has 0 heterocycles. The zero-order valence-electron chi connectivity index (χ0n) is 10.0. The van der Waals surface area contributed by atoms with Crippen LogP contribution < -0.4 is 21.5 Å². The van der Waals surface area contributed by atoms with Gasteiger partial charge in [-0.1, -0.05) is 12.1 Å². The van der Waals surface area contributed by atoms with E-state index >= 15 is 0 Å². The van der Waals surface area contributed by atoms with E-state index in [2.05, 4.69) is 27.6 Å². The van der Waals surface area contributed by atoms with Crippen LogP contribution in [-0.4, -0.2) is 17.3 Å². The van der Waals surface area contributed by atoms with Crippen molar-refractivity contribution in [1.29, 1.82) is 0 Å². The summed E-state index contributed by atoms with van der Waals surface area (Å²) in [4.78, 5) is 0. The number of hydrazine groups is 1. The number of benzene rings is 1. The SMILES string of the molecule is CNC(=S)NNC(=S)Nc1cc(C)ccc1C. The third-order valence-corrected chi connectivity index (χ3v) is 2.67. The highest BCUT2D eigenvalue weighted by Crippen LogP contribution is 2.15. The highest BCUT2D eigenvalue weighted by Gasteiger charge is 2.01. The molecule has 17 heavy (non-hydrogen) atoms. The second-order valence-electron chi connectivity index (χ2n) is 3.60. The number of anilines is 1. The molecule has 92 valence electrons. The zero-order valence-corrected chi connectivity index (χ0v) is 11.7. The van der Waals surface area contributed by atoms with E-state index in [-0.39, 0.29) is 0 Å². The quantitative estimate of drug-likeness (QED) is 0.458. The number of thiocarbonyl (C=S) groups is 2. The molecule has 0 fully saturated rings. The third-order valence-electron chi connectivity index (χ3n) is 2.16. The van der Waals surface area contributed by atoms with Crippen LogP contribution in [-0.2, 0) is 0 Å². The lowest BCUT2D eigenvalue weighted by Gasteiger charge is -2.14. The van der Waals surface area contributed by atoms with Crippen molar-refractivity contribution in [2.24, 2.45) is 0 Å². The number of aryl methyl sites for hydroxylation is 2. The predicted octanol–water partition coefficient (Wildman–Crippen LogP) is 1.60. The summed E-state index contributed by atoms with van der Waals surface area (Å²) in [6, 6.07) is 6.15. The Morgan fingerprint density at radius 1 is 1.06 bits per heavy atom. The summed E-state index contributed by atoms with van der Waals surface area (Å²) in [7, 11) is 1.73. The Kier molecular flexibility index (Phi) is 5.11. The van der Waals surface area contributed by atoms with E-state index in [4.69, 9.17) is 24.4 Å². The van der Waals surface area contributed by atoms with E-state index in [0.29, 0.717) is 10.2 Å². The van der Waals surface area contributed by atoms with E-state index in [1.54, 1.807) is 7.05 Å². The van der Waals surface area contributed by atoms with Crippen molar-refractivity contribution in [2.75, 3.05) is 12.4 Å². The van der Waals surface area contributed by atoms with Crippen molar-refractivity contribution < 1.29 is 0 Å². The number of nitrogens with one attached hydrogen (secondary N) is 4. The number of hydrogen-bond donors (Lipinski definition) is 4. The normalized spacial score (nSPS) is 9.35. The van der Waals surface area contributed by atoms with Crippen LogP contribution in [0.3, 0.4) is 0 Å². The maximum Gasteiger partial charge on any atom is 0.189 e. The van der Waals surface area contributed by atoms with E-state index in [9.17, 15) is 0 Å². The van der Waals surface area contributed by atoms with Gasteiger partial charge in [-0.05, 0) is 55.5 Å². The Labute approximate surface area is 112 Å². The molecule has 0 aliphatic heterocycles. The van der Waals surface area contributed by atoms with Crippen molar-refractivity contribution >= 4 is 40.3 Å². The first kappa shape index (κ1) is 13.7. The summed E-state index contributed by atoms with van der Waals surface area (Å²) in [6.45, 7) is 4.06. The van der Waals surface area contributed by atoms with E-state index < -0.39 is 0 Å². The second kappa shape index (κ2) is 6.36. The van der Waals surface area contributed by atoms with Crippen molar-refractivity contribution in [3.8, 4) is 0 Å². The molecule has 1 aromatic carbocycles. The highest BCUT2D eigenvalue weighted by molar-refractivity contribution is 7.80. The minimum atomic E-state index is 0.469. The van der Waals surface area contributed by atoms with Crippen LogP contribution in [0, 0.1) is 13.8 Å². The molecule has 6 heteroatoms. The molecule has 0 bridgehead atoms. The van der Waals surface area contributed by atoms with Gasteiger partial charge in [0.25, 0.3) is 0 Å². The molecule has 0 unspecified atom stereocenters. The molecular weight excluding hydrogens is 252 g/mol. The van der Waals surface area contributed by atoms with Crippen LogP contribution in [0.2, 0.25) is 0 Å². The van der Waals surface area contributed by atoms with Crippen LogP contribution in [0.25, 0.3) is 0 Å². The van der Waals surface area contributed by atoms with Gasteiger partial charge in [-0.25, -0.2) is 0 Å². The molecule has 0 aromatic heterocycles. The minimum absolute atomic E-state index is 0.469. The molecule has 0 saturated carbocycles. The fourth-order valence-electron chi connectivity index (χ4n) is 1.20. The maximum atomic E-state index is 5.13. The third kappa shape index (κ3) is 4.54. The monoisotopic (exact) mass is 268 g/mol. The summed E-state index contributed by atoms with van der Waals surface area (Å²) >= 11 is 10.0. The van der Waals surface area contributed by atoms with Crippen molar-refractivity contribution in [2.45, 2.75) is 13.8 Å². The van der Waals surface area contributed by atoms with Gasteiger partial charge in [-0.2, -0.15) is 0 Å². The van der Waals surface area contributed by atoms with Crippen LogP contribution in [0.15, 0.2) is 18.2 Å². The highest BCUT2D eigenvalue weighted by atomic mass is 32.1. The number of hydrogen-bond acceptors (Lipinski definition) is 2. The Hall–Kier alpha value is -1.40. The van der Waals surface area contributed by atoms with Gasteiger partial charge in [-0.3, -0.25) is 10.9 Å². The van der Waals surface area contributed by atoms with E-state index in [1.807, 2.05) is 26.0 Å². The van der Waals surface area contributed by atoms with Gasteiger partial charge in [0, 0.05) is 12.7 Å². The standard InChI is InChI=1S/C11H16N4S2/c1-7-4-5-8(2)9(6-7)13-11(17)15-14-10(16)12-3/h4-6H,1-3H3,(H2,12,14,16)(H2,13,15,17). The Morgan fingerprint density at radius 2 is 1.71 bits per heavy atom. The second-order valence-corrected chi connectivity index (χ2v) is 4.42. The van der Waals surface area contributed by atoms with Crippen molar-refractivity contribution in [3.63, 3.8) is 0 Å². The van der Waals surface area contributed by atoms with Gasteiger partial charge >= 0.3 is 0 Å². The zero-order chi connectivity index (χ0) is 12.8. The first-order chi connectivity index (χ1) is 8.02. The van der Waals surface area contributed by atoms with E-state index in [0.717, 1.165) is 11.3 Å². The molecule has 4 N–H and O–H groups in total. The van der Waals surface area contributed by atoms with Gasteiger partial charge in [0.2, 0.25) is 0 Å². The molecule has 0 saturated heterocycles. The Balaban J connectivity index is 2.56. The first-order valence-electron chi connectivity index (χ1n) is 5.15. The average molecular weight is 268 g/mol. The van der Waals surface area contributed by atoms with Crippen molar-refractivity contribution in [1.82, 2.24) is 16.2 Å². The minimum Gasteiger partial charge on any atom is -0.364 e. The smallest absolute Gasteiger partial charge is 0.189 e. The summed E-state index contributed by atoms with van der Waals surface area (Å²) in [5.74, 6) is 0. The summed E-state index contributed by atoms with van der Waals surface area (Å²) in [6.07, 6.45) is 0. The van der Waals surface area contributed by atoms with Gasteiger partial charge in [0.05, 0.1) is 0 Å². The summed E-state index contributed by atoms with van der Waals surface area (Å²) in [5.41, 5.74) is 8.85. The topological polar surface area (TPSA) is 48.1 Å². The molecule has 4 nitrogen and oxygen atoms in total. The molecule has 0 spiro atoms. The van der Waals surface area contributed by atoms with Gasteiger partial charge in [0.15, 0.2) is 10.2 Å². The molecular formula is C11H16N4S2. The Morgan fingerprint density at radius 3 is 2.35 bits per heavy atom. The molecule has 0 atom stereocenters. The maximum absolute atomic E-state index is 5.13. The molecule has 0 aliphatic rings. The predicted molar refractivity (Wildman–Crippen MR) is 80.1 cm³/mol. The number of rotatable bonds is 1. The average Bonchev–Trinajstić information content (AvgIpc) is 2.30. The van der Waals surface area contributed by atoms with Crippen molar-refractivity contribution in [3.05, 3.63) is 29.3 Å². The Bertz CT molecular complexity index is 431. The fourth-order valence-corrected chi connectivity index (χ4v) is 1.41. The molecule has 0 radical (unpaired) electrons. The molecule has 1 rings (SSSR count). The molecule has 0 aliphatic carbocycles. The first-order valence-corrected chi connectivity index (χ1v) is 5.96. The molecule has 1 aromatic rings. The van der Waals surface area contributed by atoms with Crippen LogP contribution in [0.5, 0.6) is 0 Å². The van der Waals surface area contributed by atoms with Crippen LogP contribution >= 0.6 is 24.4 Å². The lowest BCUT2D eigenvalue weighted by molar-refractivity contribution is 0.853.